The van der Waals surface area contributed by atoms with Crippen LogP contribution in [0.5, 0.6) is 0 Å². The average Bonchev–Trinajstić information content (AvgIpc) is 2.33. The summed E-state index contributed by atoms with van der Waals surface area (Å²) < 4.78 is 0. The van der Waals surface area contributed by atoms with E-state index < -0.39 is 0 Å². The molecule has 2 aromatic rings. The topological polar surface area (TPSA) is 50.6 Å². The molecule has 0 spiro atoms. The molecule has 0 N–H and O–H groups in total. The molecule has 0 aliphatic carbocycles. The summed E-state index contributed by atoms with van der Waals surface area (Å²) in [6.45, 7) is 1.92. The van der Waals surface area contributed by atoms with Gasteiger partial charge in [-0.05, 0) is 34.7 Å². The lowest BCUT2D eigenvalue weighted by Gasteiger charge is -1.89. The quantitative estimate of drug-likeness (QED) is 0.558. The highest BCUT2D eigenvalue weighted by Gasteiger charge is 2.02. The van der Waals surface area contributed by atoms with E-state index in [1.165, 1.54) is 0 Å². The molecule has 1 radical (unpaired) electrons. The highest BCUT2D eigenvalue weighted by Crippen LogP contribution is 2.10. The number of aromatic nitrogens is 3. The van der Waals surface area contributed by atoms with Crippen molar-refractivity contribution in [3.8, 4) is 0 Å². The Kier molecular flexibility index (Phi) is 1.09. The molecule has 1 aromatic carbocycles. The van der Waals surface area contributed by atoms with Crippen molar-refractivity contribution in [1.82, 2.24) is 15.2 Å². The Labute approximate surface area is 63.0 Å². The summed E-state index contributed by atoms with van der Waals surface area (Å²) >= 11 is 0. The van der Waals surface area contributed by atoms with Crippen LogP contribution in [-0.2, 0) is 5.21 Å². The van der Waals surface area contributed by atoms with Gasteiger partial charge < -0.3 is 0 Å². The molecule has 4 heteroatoms. The SMILES string of the molecule is Cc1ccc2nnn([O])c2c1. The smallest absolute Gasteiger partial charge is 0.136 e. The number of aryl methyl sites for hydroxylation is 1. The molecule has 55 valence electrons. The second kappa shape index (κ2) is 1.95. The standard InChI is InChI=1S/C7H6N3O/c1-5-2-3-6-7(4-5)10(11)9-8-6/h2-4H,1H3. The van der Waals surface area contributed by atoms with Crippen LogP contribution < -0.4 is 0 Å². The average molecular weight is 148 g/mol. The Morgan fingerprint density at radius 3 is 3.09 bits per heavy atom. The molecule has 0 bridgehead atoms. The predicted octanol–water partition coefficient (Wildman–Crippen LogP) is 0.933. The Morgan fingerprint density at radius 2 is 2.27 bits per heavy atom. The zero-order valence-electron chi connectivity index (χ0n) is 5.98. The first kappa shape index (κ1) is 6.15. The van der Waals surface area contributed by atoms with Crippen molar-refractivity contribution in [2.45, 2.75) is 6.92 Å². The Hall–Kier alpha value is -1.58. The number of hydrogen-bond acceptors (Lipinski definition) is 2. The van der Waals surface area contributed by atoms with Crippen molar-refractivity contribution in [1.29, 1.82) is 0 Å². The zero-order valence-corrected chi connectivity index (χ0v) is 5.98. The largest absolute Gasteiger partial charge is 0.144 e. The molecule has 0 aliphatic rings. The molecule has 0 fully saturated rings. The highest BCUT2D eigenvalue weighted by atomic mass is 16.5. The van der Waals surface area contributed by atoms with Crippen LogP contribution in [0.4, 0.5) is 0 Å². The van der Waals surface area contributed by atoms with Crippen LogP contribution in [0.25, 0.3) is 11.0 Å². The number of fused-ring (bicyclic) bond motifs is 1. The van der Waals surface area contributed by atoms with E-state index in [4.69, 9.17) is 0 Å². The van der Waals surface area contributed by atoms with Gasteiger partial charge in [0, 0.05) is 0 Å². The summed E-state index contributed by atoms with van der Waals surface area (Å²) in [7, 11) is 0. The molecule has 0 unspecified atom stereocenters. The van der Waals surface area contributed by atoms with Crippen LogP contribution in [0, 0.1) is 6.92 Å². The number of rotatable bonds is 0. The van der Waals surface area contributed by atoms with Crippen molar-refractivity contribution < 1.29 is 5.21 Å². The molecule has 0 saturated carbocycles. The fourth-order valence-corrected chi connectivity index (χ4v) is 1.01. The van der Waals surface area contributed by atoms with Crippen LogP contribution in [0.2, 0.25) is 0 Å². The Balaban J connectivity index is 2.87. The molecule has 0 saturated heterocycles. The van der Waals surface area contributed by atoms with Gasteiger partial charge >= 0.3 is 0 Å². The number of nitrogens with zero attached hydrogens (tertiary/aromatic N) is 3. The van der Waals surface area contributed by atoms with Crippen molar-refractivity contribution in [2.75, 3.05) is 0 Å². The van der Waals surface area contributed by atoms with E-state index in [0.717, 1.165) is 5.56 Å². The maximum atomic E-state index is 10.9. The predicted molar refractivity (Wildman–Crippen MR) is 38.3 cm³/mol. The van der Waals surface area contributed by atoms with Crippen molar-refractivity contribution in [2.24, 2.45) is 0 Å². The molecule has 1 heterocycles. The van der Waals surface area contributed by atoms with Crippen LogP contribution in [0.1, 0.15) is 5.56 Å². The second-order valence-electron chi connectivity index (χ2n) is 2.45. The van der Waals surface area contributed by atoms with Gasteiger partial charge in [0.2, 0.25) is 0 Å². The Morgan fingerprint density at radius 1 is 1.45 bits per heavy atom. The van der Waals surface area contributed by atoms with E-state index in [-0.39, 0.29) is 0 Å². The van der Waals surface area contributed by atoms with Gasteiger partial charge in [0.1, 0.15) is 11.0 Å². The first-order valence-corrected chi connectivity index (χ1v) is 3.27. The molecule has 2 rings (SSSR count). The van der Waals surface area contributed by atoms with Gasteiger partial charge in [-0.15, -0.1) is 10.3 Å². The van der Waals surface area contributed by atoms with Gasteiger partial charge in [0.15, 0.2) is 0 Å². The van der Waals surface area contributed by atoms with E-state index in [2.05, 4.69) is 10.3 Å². The fraction of sp³-hybridized carbons (Fsp3) is 0.143. The minimum Gasteiger partial charge on any atom is -0.144 e. The van der Waals surface area contributed by atoms with Crippen molar-refractivity contribution in [3.63, 3.8) is 0 Å². The summed E-state index contributed by atoms with van der Waals surface area (Å²) in [4.78, 5) is 0.530. The van der Waals surface area contributed by atoms with E-state index in [0.29, 0.717) is 15.9 Å². The van der Waals surface area contributed by atoms with Gasteiger partial charge in [0.25, 0.3) is 0 Å². The van der Waals surface area contributed by atoms with E-state index in [1.807, 2.05) is 13.0 Å². The molecule has 11 heavy (non-hydrogen) atoms. The van der Waals surface area contributed by atoms with Crippen molar-refractivity contribution >= 4 is 11.0 Å². The van der Waals surface area contributed by atoms with E-state index >= 15 is 0 Å². The van der Waals surface area contributed by atoms with E-state index in [9.17, 15) is 5.21 Å². The zero-order chi connectivity index (χ0) is 7.84. The molecule has 4 nitrogen and oxygen atoms in total. The summed E-state index contributed by atoms with van der Waals surface area (Å²) in [6.07, 6.45) is 0. The lowest BCUT2D eigenvalue weighted by Crippen LogP contribution is -1.88. The first-order chi connectivity index (χ1) is 5.27. The lowest BCUT2D eigenvalue weighted by molar-refractivity contribution is 0.0651. The van der Waals surface area contributed by atoms with E-state index in [1.54, 1.807) is 12.1 Å². The van der Waals surface area contributed by atoms with Gasteiger partial charge in [-0.25, -0.2) is 0 Å². The third kappa shape index (κ3) is 0.832. The normalized spacial score (nSPS) is 10.6. The monoisotopic (exact) mass is 148 g/mol. The fourth-order valence-electron chi connectivity index (χ4n) is 1.01. The van der Waals surface area contributed by atoms with Gasteiger partial charge in [-0.2, -0.15) is 0 Å². The minimum atomic E-state index is 0.530. The van der Waals surface area contributed by atoms with Crippen LogP contribution in [0.15, 0.2) is 18.2 Å². The molecular weight excluding hydrogens is 142 g/mol. The summed E-state index contributed by atoms with van der Waals surface area (Å²) in [5.41, 5.74) is 2.22. The van der Waals surface area contributed by atoms with Crippen LogP contribution >= 0.6 is 0 Å². The minimum absolute atomic E-state index is 0.530. The third-order valence-electron chi connectivity index (χ3n) is 1.57. The summed E-state index contributed by atoms with van der Waals surface area (Å²) in [6, 6.07) is 5.45. The first-order valence-electron chi connectivity index (χ1n) is 3.27. The van der Waals surface area contributed by atoms with Gasteiger partial charge in [-0.3, -0.25) is 0 Å². The number of hydrogen-bond donors (Lipinski definition) is 0. The maximum absolute atomic E-state index is 10.9. The molecule has 1 aromatic heterocycles. The molecular formula is C7H6N3O. The maximum Gasteiger partial charge on any atom is 0.136 e. The Bertz CT molecular complexity index is 393. The van der Waals surface area contributed by atoms with Crippen LogP contribution in [-0.4, -0.2) is 15.2 Å². The molecule has 0 amide bonds. The highest BCUT2D eigenvalue weighted by molar-refractivity contribution is 5.74. The lowest BCUT2D eigenvalue weighted by atomic mass is 10.2. The summed E-state index contributed by atoms with van der Waals surface area (Å²) in [5.74, 6) is 0. The third-order valence-corrected chi connectivity index (χ3v) is 1.57. The second-order valence-corrected chi connectivity index (χ2v) is 2.45. The van der Waals surface area contributed by atoms with Gasteiger partial charge in [-0.1, -0.05) is 6.07 Å². The van der Waals surface area contributed by atoms with Gasteiger partial charge in [0.05, 0.1) is 0 Å². The summed E-state index contributed by atoms with van der Waals surface area (Å²) in [5, 5.41) is 17.9. The van der Waals surface area contributed by atoms with Crippen molar-refractivity contribution in [3.05, 3.63) is 23.8 Å². The molecule has 0 atom stereocenters. The molecule has 0 aliphatic heterocycles. The number of benzene rings is 1. The van der Waals surface area contributed by atoms with Crippen LogP contribution in [0.3, 0.4) is 0 Å².